The van der Waals surface area contributed by atoms with Gasteiger partial charge in [0, 0.05) is 19.6 Å². The summed E-state index contributed by atoms with van der Waals surface area (Å²) in [6, 6.07) is 14.4. The number of aromatic nitrogens is 2. The van der Waals surface area contributed by atoms with Crippen LogP contribution in [0.4, 0.5) is 15.9 Å². The molecule has 6 nitrogen and oxygen atoms in total. The van der Waals surface area contributed by atoms with Crippen LogP contribution in [-0.2, 0) is 0 Å². The Hall–Kier alpha value is -3.22. The molecule has 7 heteroatoms. The van der Waals surface area contributed by atoms with Gasteiger partial charge >= 0.3 is 0 Å². The van der Waals surface area contributed by atoms with Crippen molar-refractivity contribution < 1.29 is 4.39 Å². The molecule has 2 heterocycles. The minimum atomic E-state index is -0.373. The van der Waals surface area contributed by atoms with Gasteiger partial charge in [0.1, 0.15) is 17.3 Å². The maximum absolute atomic E-state index is 14.0. The van der Waals surface area contributed by atoms with Crippen molar-refractivity contribution in [3.05, 3.63) is 60.5 Å². The van der Waals surface area contributed by atoms with Gasteiger partial charge in [-0.25, -0.2) is 14.4 Å². The van der Waals surface area contributed by atoms with Crippen molar-refractivity contribution in [1.29, 1.82) is 0 Å². The maximum atomic E-state index is 14.0. The van der Waals surface area contributed by atoms with Crippen molar-refractivity contribution in [1.82, 2.24) is 14.9 Å². The second-order valence-corrected chi connectivity index (χ2v) is 7.59. The van der Waals surface area contributed by atoms with Crippen LogP contribution < -0.4 is 10.6 Å². The predicted octanol–water partition coefficient (Wildman–Crippen LogP) is 3.56. The number of hydrogen-bond acceptors (Lipinski definition) is 4. The number of benzene rings is 2. The van der Waals surface area contributed by atoms with Gasteiger partial charge in [-0.1, -0.05) is 38.1 Å². The number of fused-ring (bicyclic) bond motifs is 1. The van der Waals surface area contributed by atoms with E-state index in [2.05, 4.69) is 33.6 Å². The molecule has 29 heavy (non-hydrogen) atoms. The number of nitrogens with zero attached hydrogens (tertiary/aromatic N) is 5. The number of guanidine groups is 1. The quantitative estimate of drug-likeness (QED) is 0.545. The van der Waals surface area contributed by atoms with Gasteiger partial charge in [0.05, 0.1) is 23.3 Å². The Morgan fingerprint density at radius 2 is 1.83 bits per heavy atom. The average Bonchev–Trinajstić information content (AvgIpc) is 2.74. The van der Waals surface area contributed by atoms with Crippen molar-refractivity contribution in [2.45, 2.75) is 19.9 Å². The van der Waals surface area contributed by atoms with Crippen LogP contribution in [0.5, 0.6) is 0 Å². The van der Waals surface area contributed by atoms with Crippen LogP contribution in [0.25, 0.3) is 11.0 Å². The van der Waals surface area contributed by atoms with E-state index in [0.29, 0.717) is 18.4 Å². The van der Waals surface area contributed by atoms with E-state index in [4.69, 9.17) is 10.7 Å². The number of rotatable bonds is 3. The summed E-state index contributed by atoms with van der Waals surface area (Å²) in [5.74, 6) is 1.17. The monoisotopic (exact) mass is 392 g/mol. The Bertz CT molecular complexity index is 1030. The smallest absolute Gasteiger partial charge is 0.196 e. The standard InChI is InChI=1S/C22H25FN6/c1-15(2)20-14-28(21-13-25-18-9-5-6-10-19(18)26-21)11-12-29(20)22(24)27-17-8-4-3-7-16(17)23/h3-10,13,15,20H,11-12,14H2,1-2H3,(H2,24,27). The summed E-state index contributed by atoms with van der Waals surface area (Å²) < 4.78 is 14.0. The molecule has 3 aromatic rings. The zero-order valence-corrected chi connectivity index (χ0v) is 16.7. The maximum Gasteiger partial charge on any atom is 0.196 e. The Morgan fingerprint density at radius 1 is 1.10 bits per heavy atom. The number of piperazine rings is 1. The lowest BCUT2D eigenvalue weighted by molar-refractivity contribution is 0.222. The number of hydrogen-bond donors (Lipinski definition) is 1. The van der Waals surface area contributed by atoms with Crippen LogP contribution in [-0.4, -0.2) is 46.5 Å². The first-order valence-corrected chi connectivity index (χ1v) is 9.85. The fourth-order valence-corrected chi connectivity index (χ4v) is 3.70. The predicted molar refractivity (Wildman–Crippen MR) is 115 cm³/mol. The lowest BCUT2D eigenvalue weighted by Crippen LogP contribution is -2.59. The zero-order valence-electron chi connectivity index (χ0n) is 16.7. The first-order valence-electron chi connectivity index (χ1n) is 9.85. The van der Waals surface area contributed by atoms with E-state index in [1.807, 2.05) is 30.5 Å². The lowest BCUT2D eigenvalue weighted by Gasteiger charge is -2.44. The molecule has 0 saturated carbocycles. The second-order valence-electron chi connectivity index (χ2n) is 7.59. The van der Waals surface area contributed by atoms with Crippen LogP contribution in [0.3, 0.4) is 0 Å². The van der Waals surface area contributed by atoms with E-state index < -0.39 is 0 Å². The van der Waals surface area contributed by atoms with Gasteiger partial charge in [-0.2, -0.15) is 0 Å². The number of aliphatic imine (C=N–C) groups is 1. The number of para-hydroxylation sites is 3. The van der Waals surface area contributed by atoms with Gasteiger partial charge in [0.2, 0.25) is 0 Å². The normalized spacial score (nSPS) is 17.9. The highest BCUT2D eigenvalue weighted by molar-refractivity contribution is 5.82. The molecule has 1 unspecified atom stereocenters. The summed E-state index contributed by atoms with van der Waals surface area (Å²) in [7, 11) is 0. The topological polar surface area (TPSA) is 70.6 Å². The van der Waals surface area contributed by atoms with E-state index in [9.17, 15) is 4.39 Å². The van der Waals surface area contributed by atoms with Crippen molar-refractivity contribution in [3.8, 4) is 0 Å². The molecule has 2 aromatic carbocycles. The minimum absolute atomic E-state index is 0.132. The minimum Gasteiger partial charge on any atom is -0.369 e. The van der Waals surface area contributed by atoms with Gasteiger partial charge < -0.3 is 15.5 Å². The fourth-order valence-electron chi connectivity index (χ4n) is 3.70. The molecule has 150 valence electrons. The third kappa shape index (κ3) is 3.99. The van der Waals surface area contributed by atoms with Crippen molar-refractivity contribution >= 4 is 28.5 Å². The molecule has 1 saturated heterocycles. The van der Waals surface area contributed by atoms with Crippen molar-refractivity contribution in [3.63, 3.8) is 0 Å². The summed E-state index contributed by atoms with van der Waals surface area (Å²) in [6.07, 6.45) is 1.83. The summed E-state index contributed by atoms with van der Waals surface area (Å²) in [5.41, 5.74) is 8.33. The van der Waals surface area contributed by atoms with E-state index in [0.717, 1.165) is 29.9 Å². The van der Waals surface area contributed by atoms with Gasteiger partial charge in [0.15, 0.2) is 5.96 Å². The van der Waals surface area contributed by atoms with Gasteiger partial charge in [0.25, 0.3) is 0 Å². The van der Waals surface area contributed by atoms with Crippen LogP contribution in [0.15, 0.2) is 59.7 Å². The van der Waals surface area contributed by atoms with E-state index >= 15 is 0 Å². The van der Waals surface area contributed by atoms with Crippen LogP contribution in [0.1, 0.15) is 13.8 Å². The van der Waals surface area contributed by atoms with E-state index in [1.54, 1.807) is 18.2 Å². The first kappa shape index (κ1) is 19.1. The summed E-state index contributed by atoms with van der Waals surface area (Å²) in [4.78, 5) is 18.0. The van der Waals surface area contributed by atoms with Gasteiger partial charge in [-0.3, -0.25) is 4.98 Å². The number of anilines is 1. The fraction of sp³-hybridized carbons (Fsp3) is 0.318. The molecule has 1 fully saturated rings. The molecule has 4 rings (SSSR count). The Kier molecular flexibility index (Phi) is 5.29. The van der Waals surface area contributed by atoms with E-state index in [-0.39, 0.29) is 17.5 Å². The lowest BCUT2D eigenvalue weighted by atomic mass is 10.00. The van der Waals surface area contributed by atoms with Gasteiger partial charge in [-0.05, 0) is 30.2 Å². The summed E-state index contributed by atoms with van der Waals surface area (Å²) in [5, 5.41) is 0. The molecule has 1 aromatic heterocycles. The molecular weight excluding hydrogens is 367 g/mol. The van der Waals surface area contributed by atoms with Crippen molar-refractivity contribution in [2.75, 3.05) is 24.5 Å². The SMILES string of the molecule is CC(C)C1CN(c2cnc3ccccc3n2)CCN1C(N)=Nc1ccccc1F. The molecule has 1 aliphatic heterocycles. The van der Waals surface area contributed by atoms with Crippen molar-refractivity contribution in [2.24, 2.45) is 16.6 Å². The highest BCUT2D eigenvalue weighted by Gasteiger charge is 2.31. The summed E-state index contributed by atoms with van der Waals surface area (Å²) >= 11 is 0. The third-order valence-electron chi connectivity index (χ3n) is 5.33. The first-order chi connectivity index (χ1) is 14.0. The molecule has 0 spiro atoms. The molecule has 0 bridgehead atoms. The van der Waals surface area contributed by atoms with Gasteiger partial charge in [-0.15, -0.1) is 0 Å². The van der Waals surface area contributed by atoms with E-state index in [1.165, 1.54) is 6.07 Å². The second kappa shape index (κ2) is 8.03. The Labute approximate surface area is 169 Å². The zero-order chi connectivity index (χ0) is 20.4. The number of nitrogens with two attached hydrogens (primary N) is 1. The highest BCUT2D eigenvalue weighted by atomic mass is 19.1. The molecule has 0 aliphatic carbocycles. The largest absolute Gasteiger partial charge is 0.369 e. The number of halogens is 1. The average molecular weight is 392 g/mol. The summed E-state index contributed by atoms with van der Waals surface area (Å²) in [6.45, 7) is 6.48. The molecule has 0 amide bonds. The third-order valence-corrected chi connectivity index (χ3v) is 5.33. The van der Waals surface area contributed by atoms with Crippen LogP contribution in [0, 0.1) is 11.7 Å². The van der Waals surface area contributed by atoms with Crippen LogP contribution in [0.2, 0.25) is 0 Å². The Morgan fingerprint density at radius 3 is 2.59 bits per heavy atom. The molecule has 1 atom stereocenters. The Balaban J connectivity index is 1.57. The highest BCUT2D eigenvalue weighted by Crippen LogP contribution is 2.24. The molecule has 0 radical (unpaired) electrons. The van der Waals surface area contributed by atoms with Crippen LogP contribution >= 0.6 is 0 Å². The molecular formula is C22H25FN6. The molecule has 1 aliphatic rings. The molecule has 2 N–H and O–H groups in total.